The zero-order valence-corrected chi connectivity index (χ0v) is 13.3. The van der Waals surface area contributed by atoms with Crippen LogP contribution in [-0.2, 0) is 6.18 Å². The fourth-order valence-corrected chi connectivity index (χ4v) is 2.78. The molecule has 1 atom stereocenters. The molecule has 0 saturated heterocycles. The van der Waals surface area contributed by atoms with E-state index in [4.69, 9.17) is 5.26 Å². The Balaban J connectivity index is 2.73. The molecule has 1 aromatic carbocycles. The van der Waals surface area contributed by atoms with Crippen LogP contribution in [-0.4, -0.2) is 0 Å². The zero-order chi connectivity index (χ0) is 16.6. The molecular formula is C18H24F3N. The maximum Gasteiger partial charge on any atom is 0.417 e. The van der Waals surface area contributed by atoms with Crippen LogP contribution < -0.4 is 0 Å². The molecule has 0 heterocycles. The summed E-state index contributed by atoms with van der Waals surface area (Å²) in [6, 6.07) is 5.96. The number of rotatable bonds is 8. The van der Waals surface area contributed by atoms with Crippen LogP contribution in [0.25, 0.3) is 0 Å². The van der Waals surface area contributed by atoms with Crippen LogP contribution in [0.4, 0.5) is 13.2 Å². The second-order valence-corrected chi connectivity index (χ2v) is 5.84. The molecule has 0 aliphatic carbocycles. The van der Waals surface area contributed by atoms with Crippen molar-refractivity contribution < 1.29 is 13.2 Å². The number of nitrogens with zero attached hydrogens (tertiary/aromatic N) is 1. The van der Waals surface area contributed by atoms with Crippen LogP contribution >= 0.6 is 0 Å². The predicted molar refractivity (Wildman–Crippen MR) is 82.6 cm³/mol. The van der Waals surface area contributed by atoms with Crippen LogP contribution in [0.1, 0.15) is 81.4 Å². The average molecular weight is 311 g/mol. The van der Waals surface area contributed by atoms with Crippen molar-refractivity contribution >= 4 is 0 Å². The summed E-state index contributed by atoms with van der Waals surface area (Å²) in [6.45, 7) is 3.97. The van der Waals surface area contributed by atoms with E-state index >= 15 is 0 Å². The van der Waals surface area contributed by atoms with E-state index in [1.807, 2.05) is 6.92 Å². The first-order valence-electron chi connectivity index (χ1n) is 8.02. The maximum absolute atomic E-state index is 13.2. The smallest absolute Gasteiger partial charge is 0.192 e. The highest BCUT2D eigenvalue weighted by Crippen LogP contribution is 2.38. The van der Waals surface area contributed by atoms with Crippen LogP contribution in [0.3, 0.4) is 0 Å². The topological polar surface area (TPSA) is 23.8 Å². The number of benzene rings is 1. The Kier molecular flexibility index (Phi) is 7.44. The lowest BCUT2D eigenvalue weighted by molar-refractivity contribution is -0.138. The van der Waals surface area contributed by atoms with Gasteiger partial charge in [-0.3, -0.25) is 0 Å². The third kappa shape index (κ3) is 5.36. The molecule has 0 bridgehead atoms. The lowest BCUT2D eigenvalue weighted by Crippen LogP contribution is -2.13. The Hall–Kier alpha value is -1.50. The molecule has 0 radical (unpaired) electrons. The molecule has 0 aliphatic rings. The molecule has 0 spiro atoms. The van der Waals surface area contributed by atoms with Crippen molar-refractivity contribution in [1.82, 2.24) is 0 Å². The van der Waals surface area contributed by atoms with E-state index in [1.54, 1.807) is 12.1 Å². The summed E-state index contributed by atoms with van der Waals surface area (Å²) in [6.07, 6.45) is 2.99. The molecule has 1 rings (SSSR count). The minimum Gasteiger partial charge on any atom is -0.192 e. The van der Waals surface area contributed by atoms with Gasteiger partial charge in [0.05, 0.1) is 17.2 Å². The fraction of sp³-hybridized carbons (Fsp3) is 0.611. The van der Waals surface area contributed by atoms with Gasteiger partial charge in [0.2, 0.25) is 0 Å². The number of hydrogen-bond donors (Lipinski definition) is 0. The van der Waals surface area contributed by atoms with Gasteiger partial charge in [-0.05, 0) is 24.0 Å². The predicted octanol–water partition coefficient (Wildman–Crippen LogP) is 6.43. The first kappa shape index (κ1) is 18.5. The summed E-state index contributed by atoms with van der Waals surface area (Å²) < 4.78 is 39.7. The SMILES string of the molecule is CCCCCCCCC(C)c1cccc(C#N)c1C(F)(F)F. The van der Waals surface area contributed by atoms with Crippen molar-refractivity contribution in [2.24, 2.45) is 0 Å². The molecule has 4 heteroatoms. The van der Waals surface area contributed by atoms with Crippen LogP contribution in [0.5, 0.6) is 0 Å². The Morgan fingerprint density at radius 2 is 1.73 bits per heavy atom. The molecule has 0 saturated carbocycles. The molecule has 0 N–H and O–H groups in total. The maximum atomic E-state index is 13.2. The Labute approximate surface area is 131 Å². The Morgan fingerprint density at radius 1 is 1.09 bits per heavy atom. The summed E-state index contributed by atoms with van der Waals surface area (Å²) in [4.78, 5) is 0. The summed E-state index contributed by atoms with van der Waals surface area (Å²) >= 11 is 0. The molecule has 1 unspecified atom stereocenters. The standard InChI is InChI=1S/C18H24F3N/c1-3-4-5-6-7-8-10-14(2)16-12-9-11-15(13-22)17(16)18(19,20)21/h9,11-12,14H,3-8,10H2,1-2H3. The third-order valence-corrected chi connectivity index (χ3v) is 4.02. The molecule has 122 valence electrons. The van der Waals surface area contributed by atoms with Gasteiger partial charge in [-0.25, -0.2) is 0 Å². The molecule has 1 aromatic rings. The molecule has 0 aliphatic heterocycles. The first-order valence-corrected chi connectivity index (χ1v) is 8.02. The van der Waals surface area contributed by atoms with Gasteiger partial charge in [-0.1, -0.05) is 64.5 Å². The first-order chi connectivity index (χ1) is 10.4. The van der Waals surface area contributed by atoms with Gasteiger partial charge in [-0.2, -0.15) is 18.4 Å². The van der Waals surface area contributed by atoms with Crippen molar-refractivity contribution in [2.75, 3.05) is 0 Å². The van der Waals surface area contributed by atoms with Gasteiger partial charge in [0, 0.05) is 0 Å². The van der Waals surface area contributed by atoms with Crippen molar-refractivity contribution in [1.29, 1.82) is 5.26 Å². The van der Waals surface area contributed by atoms with E-state index in [0.717, 1.165) is 25.7 Å². The fourth-order valence-electron chi connectivity index (χ4n) is 2.78. The van der Waals surface area contributed by atoms with E-state index in [9.17, 15) is 13.2 Å². The summed E-state index contributed by atoms with van der Waals surface area (Å²) in [5.41, 5.74) is -0.782. The molecule has 0 amide bonds. The van der Waals surface area contributed by atoms with Crippen LogP contribution in [0.15, 0.2) is 18.2 Å². The summed E-state index contributed by atoms with van der Waals surface area (Å²) in [5.74, 6) is -0.184. The second kappa shape index (κ2) is 8.82. The number of unbranched alkanes of at least 4 members (excludes halogenated alkanes) is 5. The van der Waals surface area contributed by atoms with Crippen molar-refractivity contribution in [3.63, 3.8) is 0 Å². The lowest BCUT2D eigenvalue weighted by atomic mass is 9.88. The van der Waals surface area contributed by atoms with E-state index in [2.05, 4.69) is 6.92 Å². The Morgan fingerprint density at radius 3 is 2.32 bits per heavy atom. The molecule has 0 aromatic heterocycles. The molecule has 0 fully saturated rings. The van der Waals surface area contributed by atoms with E-state index in [1.165, 1.54) is 31.4 Å². The second-order valence-electron chi connectivity index (χ2n) is 5.84. The largest absolute Gasteiger partial charge is 0.417 e. The zero-order valence-electron chi connectivity index (χ0n) is 13.3. The van der Waals surface area contributed by atoms with Gasteiger partial charge in [0.25, 0.3) is 0 Å². The van der Waals surface area contributed by atoms with Gasteiger partial charge >= 0.3 is 6.18 Å². The highest BCUT2D eigenvalue weighted by Gasteiger charge is 2.37. The highest BCUT2D eigenvalue weighted by atomic mass is 19.4. The van der Waals surface area contributed by atoms with E-state index in [-0.39, 0.29) is 17.0 Å². The molecule has 22 heavy (non-hydrogen) atoms. The van der Waals surface area contributed by atoms with E-state index < -0.39 is 11.7 Å². The van der Waals surface area contributed by atoms with Gasteiger partial charge in [-0.15, -0.1) is 0 Å². The molecule has 1 nitrogen and oxygen atoms in total. The number of nitriles is 1. The average Bonchev–Trinajstić information content (AvgIpc) is 2.48. The number of alkyl halides is 3. The van der Waals surface area contributed by atoms with Gasteiger partial charge in [0.15, 0.2) is 0 Å². The lowest BCUT2D eigenvalue weighted by Gasteiger charge is -2.19. The monoisotopic (exact) mass is 311 g/mol. The van der Waals surface area contributed by atoms with Crippen molar-refractivity contribution in [3.05, 3.63) is 34.9 Å². The summed E-state index contributed by atoms with van der Waals surface area (Å²) in [5, 5.41) is 8.93. The van der Waals surface area contributed by atoms with Crippen LogP contribution in [0, 0.1) is 11.3 Å². The summed E-state index contributed by atoms with van der Waals surface area (Å²) in [7, 11) is 0. The minimum absolute atomic E-state index is 0.184. The number of hydrogen-bond acceptors (Lipinski definition) is 1. The van der Waals surface area contributed by atoms with Crippen molar-refractivity contribution in [3.8, 4) is 6.07 Å². The Bertz CT molecular complexity index is 500. The van der Waals surface area contributed by atoms with Crippen LogP contribution in [0.2, 0.25) is 0 Å². The number of halogens is 3. The molecular weight excluding hydrogens is 287 g/mol. The quantitative estimate of drug-likeness (QED) is 0.507. The third-order valence-electron chi connectivity index (χ3n) is 4.02. The van der Waals surface area contributed by atoms with Crippen molar-refractivity contribution in [2.45, 2.75) is 70.9 Å². The normalized spacial score (nSPS) is 12.9. The highest BCUT2D eigenvalue weighted by molar-refractivity contribution is 5.46. The minimum atomic E-state index is -4.48. The van der Waals surface area contributed by atoms with Gasteiger partial charge in [0.1, 0.15) is 0 Å². The van der Waals surface area contributed by atoms with E-state index in [0.29, 0.717) is 0 Å². The van der Waals surface area contributed by atoms with Gasteiger partial charge < -0.3 is 0 Å².